The molecular weight excluding hydrogens is 358 g/mol. The summed E-state index contributed by atoms with van der Waals surface area (Å²) in [7, 11) is 3.33. The Morgan fingerprint density at radius 1 is 0.957 bits per heavy atom. The molecular formula is C18H22BrNO3. The molecule has 0 atom stereocenters. The fourth-order valence-corrected chi connectivity index (χ4v) is 2.88. The average molecular weight is 380 g/mol. The molecule has 0 spiro atoms. The van der Waals surface area contributed by atoms with Crippen LogP contribution >= 0.6 is 15.9 Å². The van der Waals surface area contributed by atoms with Crippen LogP contribution in [0.4, 0.5) is 0 Å². The minimum Gasteiger partial charge on any atom is -0.496 e. The van der Waals surface area contributed by atoms with E-state index in [4.69, 9.17) is 14.2 Å². The minimum atomic E-state index is 0.595. The van der Waals surface area contributed by atoms with Crippen LogP contribution in [0.1, 0.15) is 18.1 Å². The molecule has 0 unspecified atom stereocenters. The lowest BCUT2D eigenvalue weighted by Crippen LogP contribution is -2.14. The van der Waals surface area contributed by atoms with Crippen LogP contribution in [0.25, 0.3) is 0 Å². The Morgan fingerprint density at radius 3 is 2.35 bits per heavy atom. The third-order valence-corrected chi connectivity index (χ3v) is 3.89. The third kappa shape index (κ3) is 4.62. The van der Waals surface area contributed by atoms with Crippen LogP contribution in [0, 0.1) is 0 Å². The van der Waals surface area contributed by atoms with Crippen molar-refractivity contribution in [2.75, 3.05) is 20.8 Å². The zero-order valence-electron chi connectivity index (χ0n) is 13.7. The molecule has 124 valence electrons. The summed E-state index contributed by atoms with van der Waals surface area (Å²) in [5.41, 5.74) is 2.17. The van der Waals surface area contributed by atoms with Crippen LogP contribution in [-0.2, 0) is 13.1 Å². The lowest BCUT2D eigenvalue weighted by molar-refractivity contribution is 0.306. The van der Waals surface area contributed by atoms with Crippen molar-refractivity contribution in [3.05, 3.63) is 52.0 Å². The van der Waals surface area contributed by atoms with Crippen LogP contribution in [0.15, 0.2) is 40.9 Å². The average Bonchev–Trinajstić information content (AvgIpc) is 2.57. The summed E-state index contributed by atoms with van der Waals surface area (Å²) < 4.78 is 17.5. The molecule has 0 amide bonds. The number of rotatable bonds is 8. The molecule has 2 aromatic carbocycles. The predicted molar refractivity (Wildman–Crippen MR) is 95.4 cm³/mol. The van der Waals surface area contributed by atoms with Gasteiger partial charge in [0.2, 0.25) is 0 Å². The van der Waals surface area contributed by atoms with E-state index in [9.17, 15) is 0 Å². The molecule has 0 fully saturated rings. The van der Waals surface area contributed by atoms with E-state index in [-0.39, 0.29) is 0 Å². The lowest BCUT2D eigenvalue weighted by Gasteiger charge is -2.16. The molecule has 0 saturated heterocycles. The van der Waals surface area contributed by atoms with Crippen molar-refractivity contribution >= 4 is 15.9 Å². The molecule has 5 heteroatoms. The summed E-state index contributed by atoms with van der Waals surface area (Å²) in [6, 6.07) is 11.9. The van der Waals surface area contributed by atoms with E-state index in [0.29, 0.717) is 19.7 Å². The van der Waals surface area contributed by atoms with Gasteiger partial charge in [-0.2, -0.15) is 0 Å². The Hall–Kier alpha value is -1.72. The maximum absolute atomic E-state index is 5.75. The predicted octanol–water partition coefficient (Wildman–Crippen LogP) is 4.15. The van der Waals surface area contributed by atoms with Crippen LogP contribution in [0.3, 0.4) is 0 Å². The van der Waals surface area contributed by atoms with Crippen molar-refractivity contribution in [2.45, 2.75) is 20.0 Å². The second kappa shape index (κ2) is 8.79. The second-order valence-corrected chi connectivity index (χ2v) is 5.86. The summed E-state index contributed by atoms with van der Waals surface area (Å²) in [4.78, 5) is 0. The number of methoxy groups -OCH3 is 2. The highest BCUT2D eigenvalue weighted by molar-refractivity contribution is 9.10. The number of nitrogens with one attached hydrogen (secondary N) is 1. The van der Waals surface area contributed by atoms with Gasteiger partial charge in [0.1, 0.15) is 5.75 Å². The molecule has 2 rings (SSSR count). The van der Waals surface area contributed by atoms with Crippen molar-refractivity contribution in [1.29, 1.82) is 0 Å². The Morgan fingerprint density at radius 2 is 1.65 bits per heavy atom. The van der Waals surface area contributed by atoms with Gasteiger partial charge in [0, 0.05) is 28.7 Å². The Balaban J connectivity index is 2.12. The summed E-state index contributed by atoms with van der Waals surface area (Å²) in [5, 5.41) is 3.43. The number of hydrogen-bond donors (Lipinski definition) is 1. The second-order valence-electron chi connectivity index (χ2n) is 4.94. The van der Waals surface area contributed by atoms with Crippen LogP contribution in [0.2, 0.25) is 0 Å². The highest BCUT2D eigenvalue weighted by Gasteiger charge is 2.12. The normalized spacial score (nSPS) is 10.4. The first kappa shape index (κ1) is 17.6. The highest BCUT2D eigenvalue weighted by atomic mass is 79.9. The SMILES string of the molecule is CCOc1c(CNCc2ccccc2OC)cc(Br)cc1OC. The molecule has 0 aromatic heterocycles. The number of halogens is 1. The van der Waals surface area contributed by atoms with E-state index in [0.717, 1.165) is 32.8 Å². The fraction of sp³-hybridized carbons (Fsp3) is 0.333. The molecule has 4 nitrogen and oxygen atoms in total. The maximum atomic E-state index is 5.75. The summed E-state index contributed by atoms with van der Waals surface area (Å²) >= 11 is 3.52. The molecule has 0 saturated carbocycles. The molecule has 0 radical (unpaired) electrons. The van der Waals surface area contributed by atoms with Gasteiger partial charge in [0.15, 0.2) is 11.5 Å². The number of benzene rings is 2. The fourth-order valence-electron chi connectivity index (χ4n) is 2.39. The van der Waals surface area contributed by atoms with Gasteiger partial charge < -0.3 is 19.5 Å². The van der Waals surface area contributed by atoms with E-state index in [1.165, 1.54) is 0 Å². The van der Waals surface area contributed by atoms with Crippen molar-refractivity contribution in [3.63, 3.8) is 0 Å². The molecule has 0 aliphatic rings. The van der Waals surface area contributed by atoms with Gasteiger partial charge >= 0.3 is 0 Å². The maximum Gasteiger partial charge on any atom is 0.165 e. The summed E-state index contributed by atoms with van der Waals surface area (Å²) in [6.07, 6.45) is 0. The topological polar surface area (TPSA) is 39.7 Å². The van der Waals surface area contributed by atoms with Gasteiger partial charge in [0.25, 0.3) is 0 Å². The smallest absolute Gasteiger partial charge is 0.165 e. The summed E-state index contributed by atoms with van der Waals surface area (Å²) in [5.74, 6) is 2.40. The molecule has 1 N–H and O–H groups in total. The Kier molecular flexibility index (Phi) is 6.74. The van der Waals surface area contributed by atoms with Crippen LogP contribution < -0.4 is 19.5 Å². The monoisotopic (exact) mass is 379 g/mol. The standard InChI is InChI=1S/C18H22BrNO3/c1-4-23-18-14(9-15(19)10-17(18)22-3)12-20-11-13-7-5-6-8-16(13)21-2/h5-10,20H,4,11-12H2,1-3H3. The molecule has 0 aliphatic heterocycles. The van der Waals surface area contributed by atoms with E-state index < -0.39 is 0 Å². The summed E-state index contributed by atoms with van der Waals surface area (Å²) in [6.45, 7) is 3.94. The first-order valence-electron chi connectivity index (χ1n) is 7.51. The number of ether oxygens (including phenoxy) is 3. The van der Waals surface area contributed by atoms with Crippen molar-refractivity contribution in [2.24, 2.45) is 0 Å². The number of hydrogen-bond acceptors (Lipinski definition) is 4. The van der Waals surface area contributed by atoms with E-state index in [1.807, 2.05) is 37.3 Å². The van der Waals surface area contributed by atoms with E-state index in [1.54, 1.807) is 14.2 Å². The van der Waals surface area contributed by atoms with E-state index >= 15 is 0 Å². The molecule has 0 bridgehead atoms. The van der Waals surface area contributed by atoms with Crippen molar-refractivity contribution in [3.8, 4) is 17.2 Å². The highest BCUT2D eigenvalue weighted by Crippen LogP contribution is 2.35. The molecule has 0 heterocycles. The molecule has 2 aromatic rings. The van der Waals surface area contributed by atoms with Crippen LogP contribution in [0.5, 0.6) is 17.2 Å². The zero-order chi connectivity index (χ0) is 16.7. The van der Waals surface area contributed by atoms with Gasteiger partial charge in [-0.05, 0) is 25.1 Å². The van der Waals surface area contributed by atoms with Gasteiger partial charge in [-0.3, -0.25) is 0 Å². The van der Waals surface area contributed by atoms with Gasteiger partial charge in [0.05, 0.1) is 20.8 Å². The first-order valence-corrected chi connectivity index (χ1v) is 8.30. The van der Waals surface area contributed by atoms with Gasteiger partial charge in [-0.25, -0.2) is 0 Å². The number of para-hydroxylation sites is 1. The Labute approximate surface area is 145 Å². The molecule has 23 heavy (non-hydrogen) atoms. The quantitative estimate of drug-likeness (QED) is 0.747. The van der Waals surface area contributed by atoms with E-state index in [2.05, 4.69) is 27.3 Å². The minimum absolute atomic E-state index is 0.595. The largest absolute Gasteiger partial charge is 0.496 e. The van der Waals surface area contributed by atoms with Crippen molar-refractivity contribution < 1.29 is 14.2 Å². The van der Waals surface area contributed by atoms with Crippen molar-refractivity contribution in [1.82, 2.24) is 5.32 Å². The van der Waals surface area contributed by atoms with Crippen LogP contribution in [-0.4, -0.2) is 20.8 Å². The third-order valence-electron chi connectivity index (χ3n) is 3.43. The van der Waals surface area contributed by atoms with Gasteiger partial charge in [-0.1, -0.05) is 34.1 Å². The Bertz CT molecular complexity index is 646. The first-order chi connectivity index (χ1) is 11.2. The zero-order valence-corrected chi connectivity index (χ0v) is 15.3. The molecule has 0 aliphatic carbocycles. The lowest BCUT2D eigenvalue weighted by atomic mass is 10.1. The van der Waals surface area contributed by atoms with Gasteiger partial charge in [-0.15, -0.1) is 0 Å².